The minimum atomic E-state index is -0.643. The number of hydrogen-bond acceptors (Lipinski definition) is 3. The van der Waals surface area contributed by atoms with E-state index in [1.54, 1.807) is 19.1 Å². The van der Waals surface area contributed by atoms with Gasteiger partial charge in [-0.25, -0.2) is 4.39 Å². The molecule has 5 heteroatoms. The molecule has 0 aromatic heterocycles. The molecule has 0 amide bonds. The van der Waals surface area contributed by atoms with E-state index in [1.165, 1.54) is 0 Å². The standard InChI is InChI=1S/C10H14FNO2.ClH/c1-6-2-3-7(8(12)4-5-13)10(14)9(6)11;/h2-3,8,13-14H,4-5,12H2,1H3;1H/t8-;/m1./s1. The Hall–Kier alpha value is -0.840. The fraction of sp³-hybridized carbons (Fsp3) is 0.400. The fourth-order valence-corrected chi connectivity index (χ4v) is 1.27. The van der Waals surface area contributed by atoms with Crippen LogP contribution in [0.5, 0.6) is 5.75 Å². The largest absolute Gasteiger partial charge is 0.505 e. The number of benzene rings is 1. The molecule has 0 bridgehead atoms. The first kappa shape index (κ1) is 14.2. The number of aliphatic hydroxyl groups excluding tert-OH is 1. The van der Waals surface area contributed by atoms with Gasteiger partial charge in [-0.2, -0.15) is 0 Å². The third-order valence-corrected chi connectivity index (χ3v) is 2.18. The van der Waals surface area contributed by atoms with Gasteiger partial charge in [-0.1, -0.05) is 12.1 Å². The summed E-state index contributed by atoms with van der Waals surface area (Å²) in [6, 6.07) is 2.60. The van der Waals surface area contributed by atoms with Crippen LogP contribution in [0.25, 0.3) is 0 Å². The molecule has 1 atom stereocenters. The number of phenols is 1. The zero-order valence-corrected chi connectivity index (χ0v) is 9.22. The molecule has 0 aliphatic heterocycles. The van der Waals surface area contributed by atoms with E-state index in [2.05, 4.69) is 0 Å². The highest BCUT2D eigenvalue weighted by atomic mass is 35.5. The van der Waals surface area contributed by atoms with Crippen LogP contribution in [-0.4, -0.2) is 16.8 Å². The highest BCUT2D eigenvalue weighted by Gasteiger charge is 2.15. The molecule has 0 spiro atoms. The Morgan fingerprint density at radius 2 is 2.07 bits per heavy atom. The SMILES string of the molecule is Cc1ccc([C@H](N)CCO)c(O)c1F.Cl. The number of aliphatic hydroxyl groups is 1. The van der Waals surface area contributed by atoms with Crippen LogP contribution >= 0.6 is 12.4 Å². The van der Waals surface area contributed by atoms with Crippen molar-refractivity contribution in [2.45, 2.75) is 19.4 Å². The average Bonchev–Trinajstić information content (AvgIpc) is 2.15. The summed E-state index contributed by atoms with van der Waals surface area (Å²) in [7, 11) is 0. The molecule has 1 aromatic rings. The number of phenolic OH excluding ortho intramolecular Hbond substituents is 1. The van der Waals surface area contributed by atoms with Gasteiger partial charge >= 0.3 is 0 Å². The number of halogens is 2. The molecular formula is C10H15ClFNO2. The molecule has 0 radical (unpaired) electrons. The Labute approximate surface area is 94.1 Å². The predicted octanol–water partition coefficient (Wildman–Crippen LogP) is 1.64. The molecular weight excluding hydrogens is 221 g/mol. The molecule has 3 nitrogen and oxygen atoms in total. The summed E-state index contributed by atoms with van der Waals surface area (Å²) in [5.74, 6) is -1.05. The van der Waals surface area contributed by atoms with Crippen molar-refractivity contribution in [2.24, 2.45) is 5.73 Å². The van der Waals surface area contributed by atoms with Crippen LogP contribution in [0.15, 0.2) is 12.1 Å². The molecule has 0 aliphatic carbocycles. The predicted molar refractivity (Wildman–Crippen MR) is 58.7 cm³/mol. The first-order valence-electron chi connectivity index (χ1n) is 4.42. The molecule has 0 heterocycles. The van der Waals surface area contributed by atoms with Gasteiger partial charge in [0, 0.05) is 18.2 Å². The minimum absolute atomic E-state index is 0. The van der Waals surface area contributed by atoms with Gasteiger partial charge in [0.15, 0.2) is 11.6 Å². The Kier molecular flexibility index (Phi) is 5.57. The summed E-state index contributed by atoms with van der Waals surface area (Å²) in [5.41, 5.74) is 6.35. The number of nitrogens with two attached hydrogens (primary N) is 1. The summed E-state index contributed by atoms with van der Waals surface area (Å²) in [6.45, 7) is 1.48. The molecule has 86 valence electrons. The zero-order valence-electron chi connectivity index (χ0n) is 8.40. The second-order valence-electron chi connectivity index (χ2n) is 3.25. The van der Waals surface area contributed by atoms with Crippen LogP contribution in [0.1, 0.15) is 23.6 Å². The Morgan fingerprint density at radius 1 is 1.47 bits per heavy atom. The summed E-state index contributed by atoms with van der Waals surface area (Å²) < 4.78 is 13.2. The lowest BCUT2D eigenvalue weighted by molar-refractivity contribution is 0.275. The van der Waals surface area contributed by atoms with Gasteiger partial charge in [0.2, 0.25) is 0 Å². The van der Waals surface area contributed by atoms with E-state index in [4.69, 9.17) is 10.8 Å². The van der Waals surface area contributed by atoms with Gasteiger partial charge in [0.05, 0.1) is 0 Å². The maximum Gasteiger partial charge on any atom is 0.168 e. The van der Waals surface area contributed by atoms with Gasteiger partial charge in [-0.15, -0.1) is 12.4 Å². The Balaban J connectivity index is 0.00000196. The normalized spacial score (nSPS) is 12.0. The van der Waals surface area contributed by atoms with Crippen LogP contribution in [-0.2, 0) is 0 Å². The number of aromatic hydroxyl groups is 1. The molecule has 1 aromatic carbocycles. The van der Waals surface area contributed by atoms with Gasteiger partial charge in [0.1, 0.15) is 0 Å². The van der Waals surface area contributed by atoms with E-state index in [0.29, 0.717) is 17.5 Å². The molecule has 0 saturated heterocycles. The van der Waals surface area contributed by atoms with Crippen LogP contribution in [0, 0.1) is 12.7 Å². The first-order chi connectivity index (χ1) is 6.57. The maximum atomic E-state index is 13.2. The second-order valence-corrected chi connectivity index (χ2v) is 3.25. The minimum Gasteiger partial charge on any atom is -0.505 e. The lowest BCUT2D eigenvalue weighted by atomic mass is 10.0. The van der Waals surface area contributed by atoms with Crippen molar-refractivity contribution in [2.75, 3.05) is 6.61 Å². The van der Waals surface area contributed by atoms with Crippen molar-refractivity contribution in [3.05, 3.63) is 29.1 Å². The first-order valence-corrected chi connectivity index (χ1v) is 4.42. The lowest BCUT2D eigenvalue weighted by Gasteiger charge is -2.13. The van der Waals surface area contributed by atoms with Crippen LogP contribution in [0.4, 0.5) is 4.39 Å². The van der Waals surface area contributed by atoms with Crippen molar-refractivity contribution in [3.63, 3.8) is 0 Å². The van der Waals surface area contributed by atoms with Crippen LogP contribution in [0.2, 0.25) is 0 Å². The van der Waals surface area contributed by atoms with E-state index >= 15 is 0 Å². The number of rotatable bonds is 3. The molecule has 0 fully saturated rings. The quantitative estimate of drug-likeness (QED) is 0.746. The van der Waals surface area contributed by atoms with E-state index in [0.717, 1.165) is 0 Å². The topological polar surface area (TPSA) is 66.5 Å². The smallest absolute Gasteiger partial charge is 0.168 e. The maximum absolute atomic E-state index is 13.2. The van der Waals surface area contributed by atoms with Crippen molar-refractivity contribution in [1.29, 1.82) is 0 Å². The van der Waals surface area contributed by atoms with Crippen molar-refractivity contribution < 1.29 is 14.6 Å². The van der Waals surface area contributed by atoms with Gasteiger partial charge in [-0.3, -0.25) is 0 Å². The second kappa shape index (κ2) is 5.90. The summed E-state index contributed by atoms with van der Waals surface area (Å²) >= 11 is 0. The molecule has 1 rings (SSSR count). The molecule has 4 N–H and O–H groups in total. The van der Waals surface area contributed by atoms with Crippen LogP contribution in [0.3, 0.4) is 0 Å². The van der Waals surface area contributed by atoms with E-state index < -0.39 is 17.6 Å². The van der Waals surface area contributed by atoms with E-state index in [1.807, 2.05) is 0 Å². The van der Waals surface area contributed by atoms with E-state index in [-0.39, 0.29) is 19.0 Å². The number of hydrogen-bond donors (Lipinski definition) is 3. The fourth-order valence-electron chi connectivity index (χ4n) is 1.27. The average molecular weight is 236 g/mol. The summed E-state index contributed by atoms with van der Waals surface area (Å²) in [4.78, 5) is 0. The monoisotopic (exact) mass is 235 g/mol. The third-order valence-electron chi connectivity index (χ3n) is 2.18. The zero-order chi connectivity index (χ0) is 10.7. The van der Waals surface area contributed by atoms with Crippen molar-refractivity contribution >= 4 is 12.4 Å². The van der Waals surface area contributed by atoms with E-state index in [9.17, 15) is 9.50 Å². The highest BCUT2D eigenvalue weighted by molar-refractivity contribution is 5.85. The van der Waals surface area contributed by atoms with Gasteiger partial charge in [0.25, 0.3) is 0 Å². The highest BCUT2D eigenvalue weighted by Crippen LogP contribution is 2.29. The number of aryl methyl sites for hydroxylation is 1. The molecule has 0 aliphatic rings. The lowest BCUT2D eigenvalue weighted by Crippen LogP contribution is -2.12. The molecule has 15 heavy (non-hydrogen) atoms. The van der Waals surface area contributed by atoms with Gasteiger partial charge < -0.3 is 15.9 Å². The Bertz CT molecular complexity index is 333. The van der Waals surface area contributed by atoms with Crippen molar-refractivity contribution in [3.8, 4) is 5.75 Å². The third kappa shape index (κ3) is 3.06. The summed E-state index contributed by atoms with van der Waals surface area (Å²) in [6.07, 6.45) is 0.302. The summed E-state index contributed by atoms with van der Waals surface area (Å²) in [5, 5.41) is 18.1. The van der Waals surface area contributed by atoms with Crippen LogP contribution < -0.4 is 5.73 Å². The molecule has 0 unspecified atom stereocenters. The van der Waals surface area contributed by atoms with Crippen molar-refractivity contribution in [1.82, 2.24) is 0 Å². The molecule has 0 saturated carbocycles. The Morgan fingerprint density at radius 3 is 2.60 bits per heavy atom. The van der Waals surface area contributed by atoms with Gasteiger partial charge in [-0.05, 0) is 18.9 Å².